The summed E-state index contributed by atoms with van der Waals surface area (Å²) < 4.78 is 2.02. The zero-order chi connectivity index (χ0) is 11.8. The minimum atomic E-state index is 0.499. The van der Waals surface area contributed by atoms with Gasteiger partial charge in [-0.3, -0.25) is 0 Å². The van der Waals surface area contributed by atoms with Crippen LogP contribution < -0.4 is 5.73 Å². The summed E-state index contributed by atoms with van der Waals surface area (Å²) in [5.41, 5.74) is 7.78. The monoisotopic (exact) mass is 224 g/mol. The molecular weight excluding hydrogens is 200 g/mol. The Balaban J connectivity index is 2.38. The van der Waals surface area contributed by atoms with E-state index >= 15 is 0 Å². The van der Waals surface area contributed by atoms with Crippen molar-refractivity contribution in [2.75, 3.05) is 0 Å². The van der Waals surface area contributed by atoms with Crippen molar-refractivity contribution >= 4 is 0 Å². The summed E-state index contributed by atoms with van der Waals surface area (Å²) in [4.78, 5) is 0. The van der Waals surface area contributed by atoms with Crippen LogP contribution in [0.15, 0.2) is 0 Å². The lowest BCUT2D eigenvalue weighted by Gasteiger charge is -2.05. The third-order valence-electron chi connectivity index (χ3n) is 2.92. The predicted octanol–water partition coefficient (Wildman–Crippen LogP) is 2.27. The largest absolute Gasteiger partial charge is 0.325 e. The summed E-state index contributed by atoms with van der Waals surface area (Å²) in [5, 5.41) is 8.27. The average molecular weight is 224 g/mol. The Morgan fingerprint density at radius 3 is 2.50 bits per heavy atom. The van der Waals surface area contributed by atoms with Gasteiger partial charge in [0, 0.05) is 13.1 Å². The molecule has 0 aliphatic carbocycles. The van der Waals surface area contributed by atoms with E-state index in [9.17, 15) is 0 Å². The molecule has 0 unspecified atom stereocenters. The van der Waals surface area contributed by atoms with E-state index in [0.717, 1.165) is 18.7 Å². The maximum absolute atomic E-state index is 5.62. The first-order valence-corrected chi connectivity index (χ1v) is 6.44. The summed E-state index contributed by atoms with van der Waals surface area (Å²) in [7, 11) is 0. The van der Waals surface area contributed by atoms with Gasteiger partial charge in [0.2, 0.25) is 0 Å². The maximum atomic E-state index is 5.62. The highest BCUT2D eigenvalue weighted by Gasteiger charge is 2.08. The lowest BCUT2D eigenvalue weighted by Crippen LogP contribution is -2.07. The molecule has 4 heteroatoms. The van der Waals surface area contributed by atoms with E-state index in [1.807, 2.05) is 4.68 Å². The molecule has 0 amide bonds. The SMILES string of the molecule is CCCCCCCn1nnc(CN)c1CC. The summed E-state index contributed by atoms with van der Waals surface area (Å²) in [6, 6.07) is 0. The predicted molar refractivity (Wildman–Crippen MR) is 66.1 cm³/mol. The van der Waals surface area contributed by atoms with Gasteiger partial charge in [0.25, 0.3) is 0 Å². The molecule has 0 aliphatic heterocycles. The van der Waals surface area contributed by atoms with Crippen molar-refractivity contribution in [1.82, 2.24) is 15.0 Å². The lowest BCUT2D eigenvalue weighted by atomic mass is 10.1. The van der Waals surface area contributed by atoms with Crippen LogP contribution in [0.2, 0.25) is 0 Å². The van der Waals surface area contributed by atoms with E-state index < -0.39 is 0 Å². The number of rotatable bonds is 8. The van der Waals surface area contributed by atoms with Gasteiger partial charge in [-0.25, -0.2) is 4.68 Å². The molecule has 0 saturated carbocycles. The maximum Gasteiger partial charge on any atom is 0.0994 e. The molecule has 0 aromatic carbocycles. The molecule has 16 heavy (non-hydrogen) atoms. The topological polar surface area (TPSA) is 56.7 Å². The zero-order valence-corrected chi connectivity index (χ0v) is 10.6. The van der Waals surface area contributed by atoms with Gasteiger partial charge < -0.3 is 5.73 Å². The second-order valence-electron chi connectivity index (χ2n) is 4.18. The third-order valence-corrected chi connectivity index (χ3v) is 2.92. The molecule has 1 heterocycles. The highest BCUT2D eigenvalue weighted by atomic mass is 15.4. The van der Waals surface area contributed by atoms with Crippen molar-refractivity contribution < 1.29 is 0 Å². The first-order chi connectivity index (χ1) is 7.83. The quantitative estimate of drug-likeness (QED) is 0.689. The third kappa shape index (κ3) is 3.59. The number of aromatic nitrogens is 3. The standard InChI is InChI=1S/C12H24N4/c1-3-5-6-7-8-9-16-12(4-2)11(10-13)14-15-16/h3-10,13H2,1-2H3. The van der Waals surface area contributed by atoms with Crippen LogP contribution >= 0.6 is 0 Å². The Morgan fingerprint density at radius 2 is 1.88 bits per heavy atom. The number of aryl methyl sites for hydroxylation is 1. The van der Waals surface area contributed by atoms with E-state index in [2.05, 4.69) is 24.2 Å². The Labute approximate surface area is 98.2 Å². The Kier molecular flexibility index (Phi) is 6.08. The molecule has 0 spiro atoms. The fourth-order valence-corrected chi connectivity index (χ4v) is 1.96. The van der Waals surface area contributed by atoms with Crippen LogP contribution in [0.3, 0.4) is 0 Å². The van der Waals surface area contributed by atoms with Gasteiger partial charge >= 0.3 is 0 Å². The van der Waals surface area contributed by atoms with Crippen LogP contribution in [0.25, 0.3) is 0 Å². The molecule has 0 radical (unpaired) electrons. The molecule has 1 aromatic rings. The summed E-state index contributed by atoms with van der Waals surface area (Å²) >= 11 is 0. The first kappa shape index (κ1) is 13.2. The van der Waals surface area contributed by atoms with Crippen LogP contribution in [0.1, 0.15) is 57.3 Å². The van der Waals surface area contributed by atoms with Crippen LogP contribution in [0.5, 0.6) is 0 Å². The molecule has 1 rings (SSSR count). The summed E-state index contributed by atoms with van der Waals surface area (Å²) in [5.74, 6) is 0. The van der Waals surface area contributed by atoms with Gasteiger partial charge in [-0.05, 0) is 12.8 Å². The summed E-state index contributed by atoms with van der Waals surface area (Å²) in [6.45, 7) is 5.85. The van der Waals surface area contributed by atoms with Crippen molar-refractivity contribution in [1.29, 1.82) is 0 Å². The number of nitrogens with two attached hydrogens (primary N) is 1. The fraction of sp³-hybridized carbons (Fsp3) is 0.833. The number of nitrogens with zero attached hydrogens (tertiary/aromatic N) is 3. The van der Waals surface area contributed by atoms with E-state index in [4.69, 9.17) is 5.73 Å². The number of unbranched alkanes of at least 4 members (excludes halogenated alkanes) is 4. The molecule has 0 saturated heterocycles. The van der Waals surface area contributed by atoms with Gasteiger partial charge in [-0.1, -0.05) is 44.7 Å². The van der Waals surface area contributed by atoms with Crippen LogP contribution in [0, 0.1) is 0 Å². The van der Waals surface area contributed by atoms with Gasteiger partial charge in [-0.15, -0.1) is 5.10 Å². The Morgan fingerprint density at radius 1 is 1.12 bits per heavy atom. The minimum Gasteiger partial charge on any atom is -0.325 e. The highest BCUT2D eigenvalue weighted by molar-refractivity contribution is 5.09. The van der Waals surface area contributed by atoms with Crippen molar-refractivity contribution in [2.45, 2.75) is 65.5 Å². The first-order valence-electron chi connectivity index (χ1n) is 6.44. The molecule has 0 atom stereocenters. The zero-order valence-electron chi connectivity index (χ0n) is 10.6. The molecule has 1 aromatic heterocycles. The molecule has 0 aliphatic rings. The van der Waals surface area contributed by atoms with Gasteiger partial charge in [0.05, 0.1) is 11.4 Å². The number of hydrogen-bond donors (Lipinski definition) is 1. The van der Waals surface area contributed by atoms with Crippen LogP contribution in [-0.2, 0) is 19.5 Å². The molecule has 0 fully saturated rings. The minimum absolute atomic E-state index is 0.499. The lowest BCUT2D eigenvalue weighted by molar-refractivity contribution is 0.508. The second kappa shape index (κ2) is 7.39. The molecule has 4 nitrogen and oxygen atoms in total. The van der Waals surface area contributed by atoms with E-state index in [1.165, 1.54) is 37.8 Å². The highest BCUT2D eigenvalue weighted by Crippen LogP contribution is 2.09. The van der Waals surface area contributed by atoms with Crippen molar-refractivity contribution in [3.63, 3.8) is 0 Å². The molecule has 92 valence electrons. The van der Waals surface area contributed by atoms with Crippen molar-refractivity contribution in [3.8, 4) is 0 Å². The Hall–Kier alpha value is -0.900. The van der Waals surface area contributed by atoms with Gasteiger partial charge in [0.1, 0.15) is 0 Å². The molecular formula is C12H24N4. The van der Waals surface area contributed by atoms with E-state index in [1.54, 1.807) is 0 Å². The number of hydrogen-bond acceptors (Lipinski definition) is 3. The van der Waals surface area contributed by atoms with E-state index in [0.29, 0.717) is 6.54 Å². The smallest absolute Gasteiger partial charge is 0.0994 e. The normalized spacial score (nSPS) is 10.9. The van der Waals surface area contributed by atoms with Gasteiger partial charge in [0.15, 0.2) is 0 Å². The fourth-order valence-electron chi connectivity index (χ4n) is 1.96. The van der Waals surface area contributed by atoms with Crippen molar-refractivity contribution in [2.24, 2.45) is 5.73 Å². The van der Waals surface area contributed by atoms with E-state index in [-0.39, 0.29) is 0 Å². The van der Waals surface area contributed by atoms with Crippen LogP contribution in [0.4, 0.5) is 0 Å². The molecule has 2 N–H and O–H groups in total. The summed E-state index contributed by atoms with van der Waals surface area (Å²) in [6.07, 6.45) is 7.41. The Bertz CT molecular complexity index is 293. The van der Waals surface area contributed by atoms with Crippen molar-refractivity contribution in [3.05, 3.63) is 11.4 Å². The van der Waals surface area contributed by atoms with Crippen LogP contribution in [-0.4, -0.2) is 15.0 Å². The molecule has 0 bridgehead atoms. The average Bonchev–Trinajstić information content (AvgIpc) is 2.71. The van der Waals surface area contributed by atoms with Gasteiger partial charge in [-0.2, -0.15) is 0 Å². The second-order valence-corrected chi connectivity index (χ2v) is 4.18.